The Kier molecular flexibility index (Phi) is 5.90. The van der Waals surface area contributed by atoms with Crippen LogP contribution in [0.5, 0.6) is 0 Å². The summed E-state index contributed by atoms with van der Waals surface area (Å²) in [6, 6.07) is 0. The summed E-state index contributed by atoms with van der Waals surface area (Å²) in [7, 11) is 0. The normalized spacial score (nSPS) is 10.3. The summed E-state index contributed by atoms with van der Waals surface area (Å²) < 4.78 is 1.58. The van der Waals surface area contributed by atoms with Gasteiger partial charge in [-0.25, -0.2) is 4.98 Å². The number of aryl methyl sites for hydroxylation is 1. The number of carboxylic acids is 1. The van der Waals surface area contributed by atoms with Gasteiger partial charge in [0.1, 0.15) is 0 Å². The summed E-state index contributed by atoms with van der Waals surface area (Å²) in [5.41, 5.74) is -0.120. The van der Waals surface area contributed by atoms with Crippen molar-refractivity contribution in [3.05, 3.63) is 22.7 Å². The number of anilines is 1. The molecule has 6 nitrogen and oxygen atoms in total. The third-order valence-corrected chi connectivity index (χ3v) is 2.61. The zero-order valence-corrected chi connectivity index (χ0v) is 10.6. The quantitative estimate of drug-likeness (QED) is 0.682. The second kappa shape index (κ2) is 7.47. The van der Waals surface area contributed by atoms with E-state index in [1.807, 2.05) is 6.92 Å². The molecule has 0 aromatic carbocycles. The minimum atomic E-state index is -0.765. The maximum Gasteiger partial charge on any atom is 0.303 e. The van der Waals surface area contributed by atoms with Crippen molar-refractivity contribution in [2.75, 3.05) is 11.9 Å². The Balaban J connectivity index is 2.31. The van der Waals surface area contributed by atoms with Crippen molar-refractivity contribution in [3.8, 4) is 0 Å². The van der Waals surface area contributed by atoms with Crippen molar-refractivity contribution in [1.82, 2.24) is 9.55 Å². The van der Waals surface area contributed by atoms with Crippen molar-refractivity contribution in [2.24, 2.45) is 0 Å². The Labute approximate surface area is 106 Å². The molecule has 0 aliphatic heterocycles. The minimum absolute atomic E-state index is 0.120. The Morgan fingerprint density at radius 3 is 2.89 bits per heavy atom. The first kappa shape index (κ1) is 14.2. The van der Waals surface area contributed by atoms with Crippen LogP contribution in [0, 0.1) is 0 Å². The van der Waals surface area contributed by atoms with E-state index in [0.717, 1.165) is 12.8 Å². The van der Waals surface area contributed by atoms with E-state index in [-0.39, 0.29) is 12.0 Å². The number of rotatable bonds is 8. The number of aliphatic carboxylic acids is 1. The summed E-state index contributed by atoms with van der Waals surface area (Å²) in [5.74, 6) is -0.406. The molecule has 0 unspecified atom stereocenters. The molecule has 100 valence electrons. The molecule has 1 aromatic rings. The zero-order chi connectivity index (χ0) is 13.4. The number of nitrogens with one attached hydrogen (secondary N) is 1. The van der Waals surface area contributed by atoms with E-state index in [2.05, 4.69) is 10.3 Å². The standard InChI is InChI=1S/C12H19N3O3/c1-2-15-9-8-14-11(12(15)18)13-7-5-3-4-6-10(16)17/h8-9H,2-7H2,1H3,(H,13,14)(H,16,17). The number of aromatic nitrogens is 2. The number of unbranched alkanes of at least 4 members (excludes halogenated alkanes) is 2. The fourth-order valence-corrected chi connectivity index (χ4v) is 1.60. The minimum Gasteiger partial charge on any atom is -0.481 e. The second-order valence-electron chi connectivity index (χ2n) is 4.00. The van der Waals surface area contributed by atoms with E-state index in [1.54, 1.807) is 17.0 Å². The lowest BCUT2D eigenvalue weighted by atomic mass is 10.2. The molecule has 0 aliphatic rings. The van der Waals surface area contributed by atoms with Crippen molar-refractivity contribution in [3.63, 3.8) is 0 Å². The molecule has 0 atom stereocenters. The van der Waals surface area contributed by atoms with E-state index >= 15 is 0 Å². The molecular weight excluding hydrogens is 234 g/mol. The summed E-state index contributed by atoms with van der Waals surface area (Å²) in [4.78, 5) is 26.1. The second-order valence-corrected chi connectivity index (χ2v) is 4.00. The maximum absolute atomic E-state index is 11.8. The lowest BCUT2D eigenvalue weighted by Crippen LogP contribution is -2.24. The molecule has 2 N–H and O–H groups in total. The van der Waals surface area contributed by atoms with Gasteiger partial charge in [-0.2, -0.15) is 0 Å². The molecule has 0 amide bonds. The van der Waals surface area contributed by atoms with Gasteiger partial charge in [0.25, 0.3) is 5.56 Å². The number of hydrogen-bond acceptors (Lipinski definition) is 4. The molecule has 0 fully saturated rings. The van der Waals surface area contributed by atoms with Crippen LogP contribution in [0.3, 0.4) is 0 Å². The lowest BCUT2D eigenvalue weighted by molar-refractivity contribution is -0.137. The Bertz CT molecular complexity index is 442. The van der Waals surface area contributed by atoms with Gasteiger partial charge in [-0.05, 0) is 19.8 Å². The smallest absolute Gasteiger partial charge is 0.303 e. The van der Waals surface area contributed by atoms with Gasteiger partial charge in [0.05, 0.1) is 0 Å². The fourth-order valence-electron chi connectivity index (χ4n) is 1.60. The van der Waals surface area contributed by atoms with E-state index in [9.17, 15) is 9.59 Å². The van der Waals surface area contributed by atoms with Crippen molar-refractivity contribution >= 4 is 11.8 Å². The summed E-state index contributed by atoms with van der Waals surface area (Å²) >= 11 is 0. The highest BCUT2D eigenvalue weighted by Crippen LogP contribution is 2.00. The van der Waals surface area contributed by atoms with Crippen molar-refractivity contribution < 1.29 is 9.90 Å². The molecule has 6 heteroatoms. The van der Waals surface area contributed by atoms with Crippen LogP contribution in [0.25, 0.3) is 0 Å². The van der Waals surface area contributed by atoms with E-state index in [4.69, 9.17) is 5.11 Å². The molecule has 1 heterocycles. The number of carbonyl (C=O) groups is 1. The monoisotopic (exact) mass is 253 g/mol. The van der Waals surface area contributed by atoms with Gasteiger partial charge in [-0.1, -0.05) is 6.42 Å². The topological polar surface area (TPSA) is 84.2 Å². The molecule has 0 bridgehead atoms. The highest BCUT2D eigenvalue weighted by molar-refractivity contribution is 5.66. The predicted molar refractivity (Wildman–Crippen MR) is 68.8 cm³/mol. The van der Waals surface area contributed by atoms with Crippen LogP contribution in [0.2, 0.25) is 0 Å². The molecule has 1 rings (SSSR count). The first-order chi connectivity index (χ1) is 8.65. The summed E-state index contributed by atoms with van der Waals surface area (Å²) in [6.07, 6.45) is 5.77. The van der Waals surface area contributed by atoms with Crippen molar-refractivity contribution in [2.45, 2.75) is 39.2 Å². The molecule has 0 aliphatic carbocycles. The van der Waals surface area contributed by atoms with Gasteiger partial charge in [-0.15, -0.1) is 0 Å². The van der Waals surface area contributed by atoms with Crippen LogP contribution >= 0.6 is 0 Å². The van der Waals surface area contributed by atoms with Gasteiger partial charge in [0.15, 0.2) is 5.82 Å². The van der Waals surface area contributed by atoms with Gasteiger partial charge in [-0.3, -0.25) is 9.59 Å². The highest BCUT2D eigenvalue weighted by Gasteiger charge is 2.02. The summed E-state index contributed by atoms with van der Waals surface area (Å²) in [5, 5.41) is 11.5. The molecule has 0 saturated carbocycles. The Morgan fingerprint density at radius 1 is 1.44 bits per heavy atom. The van der Waals surface area contributed by atoms with Crippen LogP contribution in [-0.4, -0.2) is 27.2 Å². The first-order valence-electron chi connectivity index (χ1n) is 6.16. The summed E-state index contributed by atoms with van der Waals surface area (Å²) in [6.45, 7) is 3.15. The number of nitrogens with zero attached hydrogens (tertiary/aromatic N) is 2. The average molecular weight is 253 g/mol. The Morgan fingerprint density at radius 2 is 2.22 bits per heavy atom. The molecule has 1 aromatic heterocycles. The average Bonchev–Trinajstić information content (AvgIpc) is 2.35. The van der Waals surface area contributed by atoms with E-state index < -0.39 is 5.97 Å². The van der Waals surface area contributed by atoms with E-state index in [0.29, 0.717) is 25.3 Å². The third-order valence-electron chi connectivity index (χ3n) is 2.61. The molecule has 18 heavy (non-hydrogen) atoms. The zero-order valence-electron chi connectivity index (χ0n) is 10.6. The van der Waals surface area contributed by atoms with Crippen LogP contribution in [0.15, 0.2) is 17.2 Å². The molecule has 0 spiro atoms. The van der Waals surface area contributed by atoms with Crippen LogP contribution in [0.1, 0.15) is 32.6 Å². The van der Waals surface area contributed by atoms with Gasteiger partial charge >= 0.3 is 5.97 Å². The van der Waals surface area contributed by atoms with Crippen LogP contribution in [-0.2, 0) is 11.3 Å². The van der Waals surface area contributed by atoms with E-state index in [1.165, 1.54) is 0 Å². The molecular formula is C12H19N3O3. The van der Waals surface area contributed by atoms with Crippen LogP contribution < -0.4 is 10.9 Å². The van der Waals surface area contributed by atoms with Gasteiger partial charge in [0.2, 0.25) is 0 Å². The molecule has 0 radical (unpaired) electrons. The SMILES string of the molecule is CCn1ccnc(NCCCCCC(=O)O)c1=O. The predicted octanol–water partition coefficient (Wildman–Crippen LogP) is 1.32. The van der Waals surface area contributed by atoms with Gasteiger partial charge in [0, 0.05) is 31.9 Å². The fraction of sp³-hybridized carbons (Fsp3) is 0.583. The lowest BCUT2D eigenvalue weighted by Gasteiger charge is -2.06. The third kappa shape index (κ3) is 4.57. The highest BCUT2D eigenvalue weighted by atomic mass is 16.4. The largest absolute Gasteiger partial charge is 0.481 e. The molecule has 0 saturated heterocycles. The first-order valence-corrected chi connectivity index (χ1v) is 6.16. The maximum atomic E-state index is 11.8. The van der Waals surface area contributed by atoms with Crippen LogP contribution in [0.4, 0.5) is 5.82 Å². The van der Waals surface area contributed by atoms with Crippen molar-refractivity contribution in [1.29, 1.82) is 0 Å². The Hall–Kier alpha value is -1.85. The van der Waals surface area contributed by atoms with Gasteiger partial charge < -0.3 is 15.0 Å². The number of hydrogen-bond donors (Lipinski definition) is 2. The number of carboxylic acid groups (broad SMARTS) is 1.